The Morgan fingerprint density at radius 1 is 1.28 bits per heavy atom. The van der Waals surface area contributed by atoms with E-state index in [1.807, 2.05) is 0 Å². The molecular weight excluding hydrogens is 396 g/mol. The maximum atomic E-state index is 13.4. The number of para-hydroxylation sites is 1. The van der Waals surface area contributed by atoms with Crippen LogP contribution in [0.3, 0.4) is 0 Å². The third-order valence-corrected chi connectivity index (χ3v) is 7.40. The van der Waals surface area contributed by atoms with Crippen LogP contribution >= 0.6 is 0 Å². The first kappa shape index (κ1) is 19.7. The molecule has 0 saturated carbocycles. The van der Waals surface area contributed by atoms with Crippen molar-refractivity contribution in [3.63, 3.8) is 0 Å². The summed E-state index contributed by atoms with van der Waals surface area (Å²) in [7, 11) is -3.89. The van der Waals surface area contributed by atoms with Crippen LogP contribution in [0.4, 0.5) is 0 Å². The number of aliphatic hydroxyl groups is 1. The summed E-state index contributed by atoms with van der Waals surface area (Å²) in [5.74, 6) is 0.572. The number of rotatable bonds is 5. The molecule has 1 fully saturated rings. The SMILES string of the molecule is Cc1noc(C)c1S(=O)(=O)N1CCCC1c1nc2ccccc2c(=O)n1CCO. The van der Waals surface area contributed by atoms with Gasteiger partial charge in [-0.05, 0) is 38.8 Å². The Bertz CT molecular complexity index is 1210. The molecule has 0 radical (unpaired) electrons. The number of aryl methyl sites for hydroxylation is 2. The van der Waals surface area contributed by atoms with E-state index in [1.54, 1.807) is 38.1 Å². The van der Waals surface area contributed by atoms with Crippen molar-refractivity contribution in [2.75, 3.05) is 13.2 Å². The Kier molecular flexibility index (Phi) is 5.01. The van der Waals surface area contributed by atoms with Crippen LogP contribution < -0.4 is 5.56 Å². The molecule has 1 unspecified atom stereocenters. The van der Waals surface area contributed by atoms with Crippen molar-refractivity contribution < 1.29 is 18.0 Å². The second-order valence-corrected chi connectivity index (χ2v) is 8.92. The highest BCUT2D eigenvalue weighted by molar-refractivity contribution is 7.89. The van der Waals surface area contributed by atoms with E-state index in [1.165, 1.54) is 8.87 Å². The molecule has 2 aromatic heterocycles. The first-order chi connectivity index (χ1) is 13.9. The number of hydrogen-bond donors (Lipinski definition) is 1. The lowest BCUT2D eigenvalue weighted by atomic mass is 10.2. The molecule has 29 heavy (non-hydrogen) atoms. The molecule has 1 N–H and O–H groups in total. The standard InChI is InChI=1S/C19H22N4O5S/c1-12-17(13(2)28-21-12)29(26,27)23-9-5-8-16(23)18-20-15-7-4-3-6-14(15)19(25)22(18)10-11-24/h3-4,6-7,16,24H,5,8-11H2,1-2H3. The van der Waals surface area contributed by atoms with E-state index in [0.717, 1.165) is 0 Å². The highest BCUT2D eigenvalue weighted by Crippen LogP contribution is 2.37. The minimum absolute atomic E-state index is 0.0434. The van der Waals surface area contributed by atoms with Gasteiger partial charge in [-0.25, -0.2) is 13.4 Å². The largest absolute Gasteiger partial charge is 0.395 e. The van der Waals surface area contributed by atoms with Crippen LogP contribution in [0.2, 0.25) is 0 Å². The van der Waals surface area contributed by atoms with E-state index < -0.39 is 16.1 Å². The molecule has 9 nitrogen and oxygen atoms in total. The molecular formula is C19H22N4O5S. The van der Waals surface area contributed by atoms with Gasteiger partial charge >= 0.3 is 0 Å². The molecule has 0 aliphatic carbocycles. The van der Waals surface area contributed by atoms with Gasteiger partial charge in [0.05, 0.1) is 30.1 Å². The molecule has 10 heteroatoms. The Morgan fingerprint density at radius 3 is 2.72 bits per heavy atom. The molecule has 1 atom stereocenters. The van der Waals surface area contributed by atoms with Gasteiger partial charge in [-0.1, -0.05) is 17.3 Å². The van der Waals surface area contributed by atoms with Gasteiger partial charge in [0, 0.05) is 6.54 Å². The summed E-state index contributed by atoms with van der Waals surface area (Å²) in [6.07, 6.45) is 1.16. The van der Waals surface area contributed by atoms with E-state index in [9.17, 15) is 18.3 Å². The van der Waals surface area contributed by atoms with Gasteiger partial charge in [-0.2, -0.15) is 4.31 Å². The molecule has 154 valence electrons. The lowest BCUT2D eigenvalue weighted by molar-refractivity contribution is 0.266. The normalized spacial score (nSPS) is 18.0. The highest BCUT2D eigenvalue weighted by Gasteiger charge is 2.41. The molecule has 4 rings (SSSR count). The Morgan fingerprint density at radius 2 is 2.03 bits per heavy atom. The highest BCUT2D eigenvalue weighted by atomic mass is 32.2. The van der Waals surface area contributed by atoms with Gasteiger partial charge < -0.3 is 9.63 Å². The fraction of sp³-hybridized carbons (Fsp3) is 0.421. The third-order valence-electron chi connectivity index (χ3n) is 5.25. The molecule has 0 spiro atoms. The lowest BCUT2D eigenvalue weighted by Crippen LogP contribution is -2.36. The maximum absolute atomic E-state index is 13.4. The first-order valence-electron chi connectivity index (χ1n) is 9.41. The predicted octanol–water partition coefficient (Wildman–Crippen LogP) is 1.52. The monoisotopic (exact) mass is 418 g/mol. The summed E-state index contributed by atoms with van der Waals surface area (Å²) in [6.45, 7) is 3.25. The predicted molar refractivity (Wildman–Crippen MR) is 105 cm³/mol. The zero-order valence-electron chi connectivity index (χ0n) is 16.2. The lowest BCUT2D eigenvalue weighted by Gasteiger charge is -2.26. The molecule has 1 aliphatic heterocycles. The summed E-state index contributed by atoms with van der Waals surface area (Å²) in [5.41, 5.74) is 0.511. The molecule has 1 saturated heterocycles. The molecule has 1 aliphatic rings. The number of sulfonamides is 1. The molecule has 1 aromatic carbocycles. The number of aliphatic hydroxyl groups excluding tert-OH is 1. The third kappa shape index (κ3) is 3.17. The van der Waals surface area contributed by atoms with E-state index in [4.69, 9.17) is 4.52 Å². The summed E-state index contributed by atoms with van der Waals surface area (Å²) < 4.78 is 34.6. The van der Waals surface area contributed by atoms with Gasteiger partial charge in [0.1, 0.15) is 16.4 Å². The van der Waals surface area contributed by atoms with Crippen LogP contribution in [0, 0.1) is 13.8 Å². The number of benzene rings is 1. The number of fused-ring (bicyclic) bond motifs is 1. The van der Waals surface area contributed by atoms with Crippen molar-refractivity contribution >= 4 is 20.9 Å². The van der Waals surface area contributed by atoms with Crippen LogP contribution in [0.15, 0.2) is 38.5 Å². The van der Waals surface area contributed by atoms with E-state index in [-0.39, 0.29) is 29.4 Å². The van der Waals surface area contributed by atoms with Crippen LogP contribution in [0.5, 0.6) is 0 Å². The van der Waals surface area contributed by atoms with E-state index in [2.05, 4.69) is 10.1 Å². The molecule has 3 aromatic rings. The van der Waals surface area contributed by atoms with Crippen molar-refractivity contribution in [1.29, 1.82) is 0 Å². The summed E-state index contributed by atoms with van der Waals surface area (Å²) in [5, 5.41) is 13.7. The van der Waals surface area contributed by atoms with Crippen LogP contribution in [-0.2, 0) is 16.6 Å². The van der Waals surface area contributed by atoms with Crippen LogP contribution in [-0.4, -0.2) is 45.7 Å². The number of aromatic nitrogens is 3. The topological polar surface area (TPSA) is 119 Å². The van der Waals surface area contributed by atoms with Gasteiger partial charge in [0.15, 0.2) is 5.76 Å². The Labute approximate surface area is 167 Å². The van der Waals surface area contributed by atoms with Crippen LogP contribution in [0.25, 0.3) is 10.9 Å². The van der Waals surface area contributed by atoms with Gasteiger partial charge in [-0.15, -0.1) is 0 Å². The minimum atomic E-state index is -3.89. The quantitative estimate of drug-likeness (QED) is 0.667. The van der Waals surface area contributed by atoms with E-state index in [0.29, 0.717) is 41.8 Å². The Hall–Kier alpha value is -2.56. The number of nitrogens with zero attached hydrogens (tertiary/aromatic N) is 4. The fourth-order valence-corrected chi connectivity index (χ4v) is 5.95. The first-order valence-corrected chi connectivity index (χ1v) is 10.9. The zero-order valence-corrected chi connectivity index (χ0v) is 17.0. The van der Waals surface area contributed by atoms with Gasteiger partial charge in [0.25, 0.3) is 5.56 Å². The molecule has 3 heterocycles. The number of hydrogen-bond acceptors (Lipinski definition) is 7. The van der Waals surface area contributed by atoms with Crippen molar-refractivity contribution in [1.82, 2.24) is 19.0 Å². The van der Waals surface area contributed by atoms with Crippen molar-refractivity contribution in [2.24, 2.45) is 0 Å². The second kappa shape index (κ2) is 7.36. The second-order valence-electron chi connectivity index (χ2n) is 7.09. The van der Waals surface area contributed by atoms with E-state index >= 15 is 0 Å². The average molecular weight is 418 g/mol. The maximum Gasteiger partial charge on any atom is 0.261 e. The summed E-state index contributed by atoms with van der Waals surface area (Å²) in [6, 6.07) is 6.32. The van der Waals surface area contributed by atoms with Gasteiger partial charge in [0.2, 0.25) is 10.0 Å². The summed E-state index contributed by atoms with van der Waals surface area (Å²) >= 11 is 0. The minimum Gasteiger partial charge on any atom is -0.395 e. The molecule has 0 amide bonds. The smallest absolute Gasteiger partial charge is 0.261 e. The van der Waals surface area contributed by atoms with Crippen molar-refractivity contribution in [3.8, 4) is 0 Å². The van der Waals surface area contributed by atoms with Crippen LogP contribution in [0.1, 0.15) is 36.2 Å². The van der Waals surface area contributed by atoms with Crippen molar-refractivity contribution in [2.45, 2.75) is 44.2 Å². The van der Waals surface area contributed by atoms with Gasteiger partial charge in [-0.3, -0.25) is 9.36 Å². The summed E-state index contributed by atoms with van der Waals surface area (Å²) in [4.78, 5) is 17.7. The fourth-order valence-electron chi connectivity index (χ4n) is 4.00. The Balaban J connectivity index is 1.89. The molecule has 0 bridgehead atoms. The zero-order chi connectivity index (χ0) is 20.8. The average Bonchev–Trinajstić information content (AvgIpc) is 3.31. The van der Waals surface area contributed by atoms with Crippen molar-refractivity contribution in [3.05, 3.63) is 51.9 Å².